The van der Waals surface area contributed by atoms with Crippen LogP contribution < -0.4 is 0 Å². The third-order valence-corrected chi connectivity index (χ3v) is 4.48. The fraction of sp³-hybridized carbons (Fsp3) is 0.357. The van der Waals surface area contributed by atoms with Crippen LogP contribution in [0.3, 0.4) is 0 Å². The van der Waals surface area contributed by atoms with Crippen molar-refractivity contribution in [3.05, 3.63) is 46.4 Å². The molecule has 1 aromatic carbocycles. The van der Waals surface area contributed by atoms with Gasteiger partial charge in [0.25, 0.3) is 0 Å². The number of thioether (sulfide) groups is 1. The molecule has 0 N–H and O–H groups in total. The number of benzene rings is 1. The molecule has 1 heterocycles. The molecular weight excluding hydrogens is 246 g/mol. The largest absolute Gasteiger partial charge is 0.245 e. The van der Waals surface area contributed by atoms with Gasteiger partial charge in [-0.2, -0.15) is 0 Å². The zero-order valence-electron chi connectivity index (χ0n) is 10.4. The van der Waals surface area contributed by atoms with Gasteiger partial charge >= 0.3 is 0 Å². The molecule has 0 amide bonds. The molecule has 0 saturated heterocycles. The van der Waals surface area contributed by atoms with Crippen LogP contribution in [0, 0.1) is 0 Å². The predicted octanol–water partition coefficient (Wildman–Crippen LogP) is 4.73. The molecule has 0 spiro atoms. The van der Waals surface area contributed by atoms with Crippen molar-refractivity contribution in [3.63, 3.8) is 0 Å². The van der Waals surface area contributed by atoms with Gasteiger partial charge in [0.05, 0.1) is 11.4 Å². The van der Waals surface area contributed by atoms with Gasteiger partial charge in [0.2, 0.25) is 0 Å². The van der Waals surface area contributed by atoms with Crippen LogP contribution in [0.15, 0.2) is 40.6 Å². The second-order valence-corrected chi connectivity index (χ2v) is 6.97. The van der Waals surface area contributed by atoms with Crippen molar-refractivity contribution in [2.75, 3.05) is 0 Å². The highest BCUT2D eigenvalue weighted by Gasteiger charge is 2.17. The first-order chi connectivity index (χ1) is 8.05. The minimum atomic E-state index is 0.159. The third-order valence-electron chi connectivity index (χ3n) is 2.43. The molecule has 0 aliphatic heterocycles. The lowest BCUT2D eigenvalue weighted by atomic mass is 9.93. The van der Waals surface area contributed by atoms with Crippen molar-refractivity contribution < 1.29 is 0 Å². The van der Waals surface area contributed by atoms with Crippen LogP contribution in [0.1, 0.15) is 31.5 Å². The minimum absolute atomic E-state index is 0.159. The Morgan fingerprint density at radius 2 is 1.88 bits per heavy atom. The van der Waals surface area contributed by atoms with Gasteiger partial charge in [-0.05, 0) is 12.1 Å². The summed E-state index contributed by atoms with van der Waals surface area (Å²) in [6.45, 7) is 6.61. The molecule has 3 heteroatoms. The van der Waals surface area contributed by atoms with Crippen LogP contribution in [-0.2, 0) is 11.2 Å². The molecule has 90 valence electrons. The van der Waals surface area contributed by atoms with Gasteiger partial charge in [0, 0.05) is 15.7 Å². The summed E-state index contributed by atoms with van der Waals surface area (Å²) in [5.41, 5.74) is 1.36. The minimum Gasteiger partial charge on any atom is -0.245 e. The molecule has 1 aromatic heterocycles. The van der Waals surface area contributed by atoms with Crippen molar-refractivity contribution in [2.45, 2.75) is 36.8 Å². The van der Waals surface area contributed by atoms with E-state index in [2.05, 4.69) is 50.4 Å². The molecule has 0 bridgehead atoms. The monoisotopic (exact) mass is 263 g/mol. The average Bonchev–Trinajstić information content (AvgIpc) is 2.76. The number of nitrogens with zero attached hydrogens (tertiary/aromatic N) is 1. The highest BCUT2D eigenvalue weighted by molar-refractivity contribution is 7.98. The van der Waals surface area contributed by atoms with E-state index >= 15 is 0 Å². The van der Waals surface area contributed by atoms with Crippen LogP contribution in [0.25, 0.3) is 0 Å². The Morgan fingerprint density at radius 3 is 2.47 bits per heavy atom. The lowest BCUT2D eigenvalue weighted by molar-refractivity contribution is 0.572. The lowest BCUT2D eigenvalue weighted by Gasteiger charge is -2.14. The molecule has 17 heavy (non-hydrogen) atoms. The fourth-order valence-corrected chi connectivity index (χ4v) is 3.34. The third kappa shape index (κ3) is 3.58. The summed E-state index contributed by atoms with van der Waals surface area (Å²) in [6.07, 6.45) is 0. The smallest absolute Gasteiger partial charge is 0.103 e. The Morgan fingerprint density at radius 1 is 1.18 bits per heavy atom. The van der Waals surface area contributed by atoms with Gasteiger partial charge in [0.1, 0.15) is 5.01 Å². The standard InChI is InChI=1S/C14H17NS2/c1-14(2,3)12-9-17-13(15-12)10-16-11-7-5-4-6-8-11/h4-9H,10H2,1-3H3. The van der Waals surface area contributed by atoms with E-state index in [0.29, 0.717) is 0 Å². The highest BCUT2D eigenvalue weighted by atomic mass is 32.2. The number of rotatable bonds is 3. The SMILES string of the molecule is CC(C)(C)c1csc(CSc2ccccc2)n1. The molecule has 0 fully saturated rings. The maximum atomic E-state index is 4.69. The molecule has 1 nitrogen and oxygen atoms in total. The molecule has 0 saturated carbocycles. The zero-order valence-corrected chi connectivity index (χ0v) is 12.1. The first-order valence-corrected chi connectivity index (χ1v) is 7.55. The number of hydrogen-bond donors (Lipinski definition) is 0. The Labute approximate surface area is 111 Å². The van der Waals surface area contributed by atoms with Crippen LogP contribution in [0.5, 0.6) is 0 Å². The van der Waals surface area contributed by atoms with Gasteiger partial charge in [-0.1, -0.05) is 39.0 Å². The van der Waals surface area contributed by atoms with Crippen molar-refractivity contribution in [1.82, 2.24) is 4.98 Å². The van der Waals surface area contributed by atoms with Gasteiger partial charge < -0.3 is 0 Å². The van der Waals surface area contributed by atoms with Crippen LogP contribution >= 0.6 is 23.1 Å². The Balaban J connectivity index is 1.99. The number of thiazole rings is 1. The van der Waals surface area contributed by atoms with E-state index in [4.69, 9.17) is 4.98 Å². The Kier molecular flexibility index (Phi) is 3.89. The molecule has 0 aliphatic rings. The van der Waals surface area contributed by atoms with E-state index in [-0.39, 0.29) is 5.41 Å². The van der Waals surface area contributed by atoms with E-state index in [1.807, 2.05) is 17.8 Å². The van der Waals surface area contributed by atoms with Crippen molar-refractivity contribution in [2.24, 2.45) is 0 Å². The van der Waals surface area contributed by atoms with E-state index in [1.54, 1.807) is 11.3 Å². The summed E-state index contributed by atoms with van der Waals surface area (Å²) >= 11 is 3.61. The summed E-state index contributed by atoms with van der Waals surface area (Å²) in [6, 6.07) is 10.5. The summed E-state index contributed by atoms with van der Waals surface area (Å²) in [5, 5.41) is 3.39. The Hall–Kier alpha value is -0.800. The predicted molar refractivity (Wildman–Crippen MR) is 76.8 cm³/mol. The first-order valence-electron chi connectivity index (χ1n) is 5.68. The molecule has 0 radical (unpaired) electrons. The first kappa shape index (κ1) is 12.7. The Bertz CT molecular complexity index is 468. The van der Waals surface area contributed by atoms with E-state index in [9.17, 15) is 0 Å². The quantitative estimate of drug-likeness (QED) is 0.742. The normalized spacial score (nSPS) is 11.7. The maximum absolute atomic E-state index is 4.69. The zero-order chi connectivity index (χ0) is 12.3. The summed E-state index contributed by atoms with van der Waals surface area (Å²) in [5.74, 6) is 0.963. The lowest BCUT2D eigenvalue weighted by Crippen LogP contribution is -2.11. The molecule has 2 rings (SSSR count). The van der Waals surface area contributed by atoms with Crippen molar-refractivity contribution >= 4 is 23.1 Å². The highest BCUT2D eigenvalue weighted by Crippen LogP contribution is 2.28. The molecule has 0 unspecified atom stereocenters. The molecule has 0 aliphatic carbocycles. The van der Waals surface area contributed by atoms with Gasteiger partial charge in [-0.15, -0.1) is 23.1 Å². The van der Waals surface area contributed by atoms with E-state index in [1.165, 1.54) is 15.6 Å². The maximum Gasteiger partial charge on any atom is 0.103 e. The van der Waals surface area contributed by atoms with E-state index in [0.717, 1.165) is 5.75 Å². The topological polar surface area (TPSA) is 12.9 Å². The van der Waals surface area contributed by atoms with Crippen molar-refractivity contribution in [1.29, 1.82) is 0 Å². The second kappa shape index (κ2) is 5.23. The average molecular weight is 263 g/mol. The van der Waals surface area contributed by atoms with Crippen LogP contribution in [0.2, 0.25) is 0 Å². The van der Waals surface area contributed by atoms with E-state index < -0.39 is 0 Å². The van der Waals surface area contributed by atoms with Gasteiger partial charge in [-0.25, -0.2) is 4.98 Å². The van der Waals surface area contributed by atoms with Crippen LogP contribution in [-0.4, -0.2) is 4.98 Å². The summed E-state index contributed by atoms with van der Waals surface area (Å²) in [4.78, 5) is 6.00. The van der Waals surface area contributed by atoms with Gasteiger partial charge in [-0.3, -0.25) is 0 Å². The second-order valence-electron chi connectivity index (χ2n) is 4.98. The van der Waals surface area contributed by atoms with Crippen LogP contribution in [0.4, 0.5) is 0 Å². The number of hydrogen-bond acceptors (Lipinski definition) is 3. The molecule has 0 atom stereocenters. The molecule has 2 aromatic rings. The summed E-state index contributed by atoms with van der Waals surface area (Å²) in [7, 11) is 0. The van der Waals surface area contributed by atoms with Crippen molar-refractivity contribution in [3.8, 4) is 0 Å². The fourth-order valence-electron chi connectivity index (χ4n) is 1.38. The molecular formula is C14H17NS2. The van der Waals surface area contributed by atoms with Gasteiger partial charge in [0.15, 0.2) is 0 Å². The summed E-state index contributed by atoms with van der Waals surface area (Å²) < 4.78 is 0. The number of aromatic nitrogens is 1.